The van der Waals surface area contributed by atoms with Crippen LogP contribution in [-0.2, 0) is 14.8 Å². The van der Waals surface area contributed by atoms with Gasteiger partial charge in [-0.3, -0.25) is 9.10 Å². The van der Waals surface area contributed by atoms with Crippen LogP contribution in [0.2, 0.25) is 0 Å². The van der Waals surface area contributed by atoms with E-state index in [9.17, 15) is 13.2 Å². The Morgan fingerprint density at radius 1 is 1.32 bits per heavy atom. The fourth-order valence-corrected chi connectivity index (χ4v) is 3.38. The first-order chi connectivity index (χ1) is 10.3. The predicted octanol–water partition coefficient (Wildman–Crippen LogP) is 2.13. The molecule has 1 aliphatic rings. The zero-order valence-electron chi connectivity index (χ0n) is 13.4. The maximum Gasteiger partial charge on any atom is 0.232 e. The molecule has 0 radical (unpaired) electrons. The first-order valence-electron chi connectivity index (χ1n) is 7.61. The molecule has 1 amide bonds. The van der Waals surface area contributed by atoms with Crippen LogP contribution in [0, 0.1) is 13.8 Å². The smallest absolute Gasteiger partial charge is 0.232 e. The molecular weight excluding hydrogens is 300 g/mol. The summed E-state index contributed by atoms with van der Waals surface area (Å²) in [6, 6.07) is 6.10. The van der Waals surface area contributed by atoms with Gasteiger partial charge in [0.05, 0.1) is 11.9 Å². The summed E-state index contributed by atoms with van der Waals surface area (Å²) in [7, 11) is -3.36. The highest BCUT2D eigenvalue weighted by molar-refractivity contribution is 7.92. The Labute approximate surface area is 132 Å². The molecule has 1 aromatic rings. The average molecular weight is 324 g/mol. The molecule has 0 bridgehead atoms. The van der Waals surface area contributed by atoms with E-state index in [1.54, 1.807) is 0 Å². The summed E-state index contributed by atoms with van der Waals surface area (Å²) in [5.74, 6) is 0.0110. The number of sulfonamides is 1. The van der Waals surface area contributed by atoms with Gasteiger partial charge in [0.1, 0.15) is 0 Å². The predicted molar refractivity (Wildman–Crippen MR) is 88.5 cm³/mol. The number of benzene rings is 1. The molecule has 0 unspecified atom stereocenters. The molecule has 2 rings (SSSR count). The fourth-order valence-electron chi connectivity index (χ4n) is 2.36. The normalized spacial score (nSPS) is 14.7. The first-order valence-corrected chi connectivity index (χ1v) is 9.46. The maximum atomic E-state index is 12.1. The van der Waals surface area contributed by atoms with Gasteiger partial charge in [-0.25, -0.2) is 8.42 Å². The molecule has 0 heterocycles. The highest BCUT2D eigenvalue weighted by atomic mass is 32.2. The summed E-state index contributed by atoms with van der Waals surface area (Å²) in [4.78, 5) is 11.7. The van der Waals surface area contributed by atoms with Crippen molar-refractivity contribution in [3.63, 3.8) is 0 Å². The van der Waals surface area contributed by atoms with Crippen molar-refractivity contribution in [1.29, 1.82) is 0 Å². The summed E-state index contributed by atoms with van der Waals surface area (Å²) in [6.07, 6.45) is 4.19. The van der Waals surface area contributed by atoms with E-state index in [2.05, 4.69) is 5.32 Å². The molecular formula is C16H24N2O3S. The van der Waals surface area contributed by atoms with Crippen molar-refractivity contribution in [1.82, 2.24) is 5.32 Å². The number of hydrogen-bond acceptors (Lipinski definition) is 3. The van der Waals surface area contributed by atoms with Crippen LogP contribution in [0.1, 0.15) is 36.8 Å². The van der Waals surface area contributed by atoms with Crippen LogP contribution in [-0.4, -0.2) is 33.2 Å². The maximum absolute atomic E-state index is 12.1. The molecule has 122 valence electrons. The van der Waals surface area contributed by atoms with Gasteiger partial charge in [-0.1, -0.05) is 12.1 Å². The number of aryl methyl sites for hydroxylation is 2. The molecule has 22 heavy (non-hydrogen) atoms. The van der Waals surface area contributed by atoms with Crippen molar-refractivity contribution in [3.8, 4) is 0 Å². The van der Waals surface area contributed by atoms with E-state index in [1.807, 2.05) is 32.0 Å². The van der Waals surface area contributed by atoms with Crippen LogP contribution in [0.15, 0.2) is 18.2 Å². The lowest BCUT2D eigenvalue weighted by molar-refractivity contribution is -0.121. The van der Waals surface area contributed by atoms with Gasteiger partial charge in [0.15, 0.2) is 0 Å². The third kappa shape index (κ3) is 4.73. The van der Waals surface area contributed by atoms with Gasteiger partial charge in [0.2, 0.25) is 15.9 Å². The average Bonchev–Trinajstić information content (AvgIpc) is 3.20. The Morgan fingerprint density at radius 2 is 2.00 bits per heavy atom. The fraction of sp³-hybridized carbons (Fsp3) is 0.562. The number of carbonyl (C=O) groups excluding carboxylic acids is 1. The minimum Gasteiger partial charge on any atom is -0.353 e. The third-order valence-electron chi connectivity index (χ3n) is 3.74. The van der Waals surface area contributed by atoms with Gasteiger partial charge >= 0.3 is 0 Å². The molecule has 0 saturated heterocycles. The quantitative estimate of drug-likeness (QED) is 0.835. The summed E-state index contributed by atoms with van der Waals surface area (Å²) in [5, 5.41) is 2.92. The third-order valence-corrected chi connectivity index (χ3v) is 4.92. The summed E-state index contributed by atoms with van der Waals surface area (Å²) >= 11 is 0. The van der Waals surface area contributed by atoms with E-state index in [0.29, 0.717) is 31.1 Å². The van der Waals surface area contributed by atoms with Crippen LogP contribution >= 0.6 is 0 Å². The van der Waals surface area contributed by atoms with E-state index in [4.69, 9.17) is 0 Å². The largest absolute Gasteiger partial charge is 0.353 e. The Morgan fingerprint density at radius 3 is 2.59 bits per heavy atom. The van der Waals surface area contributed by atoms with Crippen LogP contribution < -0.4 is 9.62 Å². The van der Waals surface area contributed by atoms with Crippen molar-refractivity contribution >= 4 is 21.6 Å². The number of nitrogens with one attached hydrogen (secondary N) is 1. The number of carbonyl (C=O) groups is 1. The molecule has 0 atom stereocenters. The summed E-state index contributed by atoms with van der Waals surface area (Å²) in [6.45, 7) is 4.15. The van der Waals surface area contributed by atoms with Gasteiger partial charge in [-0.2, -0.15) is 0 Å². The van der Waals surface area contributed by atoms with E-state index in [0.717, 1.165) is 24.0 Å². The molecule has 1 aromatic carbocycles. The zero-order valence-corrected chi connectivity index (χ0v) is 14.2. The minimum atomic E-state index is -3.36. The number of nitrogens with zero attached hydrogens (tertiary/aromatic N) is 1. The van der Waals surface area contributed by atoms with Crippen LogP contribution in [0.25, 0.3) is 0 Å². The zero-order chi connectivity index (χ0) is 16.3. The highest BCUT2D eigenvalue weighted by Crippen LogP contribution is 2.24. The number of rotatable bonds is 7. The molecule has 5 nitrogen and oxygen atoms in total. The number of anilines is 1. The van der Waals surface area contributed by atoms with Gasteiger partial charge < -0.3 is 5.32 Å². The summed E-state index contributed by atoms with van der Waals surface area (Å²) in [5.41, 5.74) is 2.63. The van der Waals surface area contributed by atoms with Gasteiger partial charge in [-0.15, -0.1) is 0 Å². The first kappa shape index (κ1) is 16.8. The Bertz CT molecular complexity index is 651. The summed E-state index contributed by atoms with van der Waals surface area (Å²) < 4.78 is 25.6. The highest BCUT2D eigenvalue weighted by Gasteiger charge is 2.23. The van der Waals surface area contributed by atoms with E-state index >= 15 is 0 Å². The van der Waals surface area contributed by atoms with Gasteiger partial charge in [0, 0.05) is 19.0 Å². The SMILES string of the molecule is Cc1ccc(C)c(N(CCCC(=O)NC2CC2)S(C)(=O)=O)c1. The van der Waals surface area contributed by atoms with Crippen molar-refractivity contribution in [2.24, 2.45) is 0 Å². The Hall–Kier alpha value is -1.56. The lowest BCUT2D eigenvalue weighted by atomic mass is 10.1. The number of hydrogen-bond donors (Lipinski definition) is 1. The van der Waals surface area contributed by atoms with E-state index in [1.165, 1.54) is 10.6 Å². The second-order valence-electron chi connectivity index (χ2n) is 6.07. The topological polar surface area (TPSA) is 66.5 Å². The molecule has 1 saturated carbocycles. The molecule has 0 spiro atoms. The van der Waals surface area contributed by atoms with E-state index in [-0.39, 0.29) is 5.91 Å². The van der Waals surface area contributed by atoms with Crippen LogP contribution in [0.5, 0.6) is 0 Å². The monoisotopic (exact) mass is 324 g/mol. The molecule has 6 heteroatoms. The Balaban J connectivity index is 2.03. The second kappa shape index (κ2) is 6.69. The van der Waals surface area contributed by atoms with E-state index < -0.39 is 10.0 Å². The Kier molecular flexibility index (Phi) is 5.11. The lowest BCUT2D eigenvalue weighted by Gasteiger charge is -2.24. The van der Waals surface area contributed by atoms with Crippen LogP contribution in [0.3, 0.4) is 0 Å². The lowest BCUT2D eigenvalue weighted by Crippen LogP contribution is -2.33. The molecule has 1 fully saturated rings. The van der Waals surface area contributed by atoms with Crippen LogP contribution in [0.4, 0.5) is 5.69 Å². The van der Waals surface area contributed by atoms with Gasteiger partial charge in [-0.05, 0) is 50.3 Å². The number of amides is 1. The van der Waals surface area contributed by atoms with Crippen molar-refractivity contribution in [3.05, 3.63) is 29.3 Å². The molecule has 1 N–H and O–H groups in total. The van der Waals surface area contributed by atoms with Crippen molar-refractivity contribution in [2.75, 3.05) is 17.1 Å². The molecule has 0 aromatic heterocycles. The molecule has 0 aliphatic heterocycles. The second-order valence-corrected chi connectivity index (χ2v) is 7.98. The van der Waals surface area contributed by atoms with Crippen molar-refractivity contribution < 1.29 is 13.2 Å². The van der Waals surface area contributed by atoms with Gasteiger partial charge in [0.25, 0.3) is 0 Å². The standard InChI is InChI=1S/C16H24N2O3S/c1-12-6-7-13(2)15(11-12)18(22(3,20)21)10-4-5-16(19)17-14-8-9-14/h6-7,11,14H,4-5,8-10H2,1-3H3,(H,17,19). The molecule has 1 aliphatic carbocycles. The minimum absolute atomic E-state index is 0.0110. The van der Waals surface area contributed by atoms with Crippen molar-refractivity contribution in [2.45, 2.75) is 45.6 Å².